The minimum atomic E-state index is -4.02. The summed E-state index contributed by atoms with van der Waals surface area (Å²) >= 11 is 0. The number of aromatic nitrogens is 1. The summed E-state index contributed by atoms with van der Waals surface area (Å²) in [4.78, 5) is 66.1. The molecule has 1 aromatic heterocycles. The second-order valence-electron chi connectivity index (χ2n) is 19.3. The molecule has 342 valence electrons. The Balaban J connectivity index is 1.07. The van der Waals surface area contributed by atoms with Gasteiger partial charge in [-0.1, -0.05) is 31.1 Å². The molecule has 4 amide bonds. The standard InChI is InChI=1S/C46H62N6O10S/c1-4-30-26-46(30,43(55)50-63(57,58)45(2)18-19-45)49-40(53)36-25-32-27-52(36)42(54)38(28-16-22-59-23-17-28)48-44(56)62-37-24-29(37)10-6-5-7-12-34-39(60-31-14-20-51(3)21-15-31)33-11-8-9-13-35(33)47-41(34)61-32/h4,8-9,11,13,28-32,36-38H,1,5-7,10,12,14-27H2,2-3H3,(H,48,56)(H,49,53)(H,50,55)/t29-,30-,32-,36+,37-,38+,46-/m1/s1. The van der Waals surface area contributed by atoms with Gasteiger partial charge in [0.2, 0.25) is 27.7 Å². The molecule has 5 heterocycles. The maximum atomic E-state index is 15.1. The van der Waals surface area contributed by atoms with Crippen LogP contribution in [0.2, 0.25) is 0 Å². The lowest BCUT2D eigenvalue weighted by Crippen LogP contribution is -2.59. The zero-order valence-corrected chi connectivity index (χ0v) is 37.3. The van der Waals surface area contributed by atoms with Crippen LogP contribution in [0.4, 0.5) is 4.79 Å². The summed E-state index contributed by atoms with van der Waals surface area (Å²) < 4.78 is 53.0. The Labute approximate surface area is 369 Å². The number of carbonyl (C=O) groups is 4. The van der Waals surface area contributed by atoms with E-state index in [0.29, 0.717) is 56.7 Å². The fourth-order valence-corrected chi connectivity index (χ4v) is 11.3. The first-order valence-electron chi connectivity index (χ1n) is 23.1. The number of ether oxygens (including phenoxy) is 4. The van der Waals surface area contributed by atoms with Gasteiger partial charge in [-0.15, -0.1) is 6.58 Å². The SMILES string of the molecule is C=C[C@@H]1C[C@]1(NC(=O)[C@@H]1C[C@@H]2CN1C(=O)[C@H](C1CCOCC1)NC(=O)O[C@@H]1C[C@H]1CCCCCc1c(nc3ccccc3c1OC1CCN(C)CC1)O2)C(=O)NS(=O)(=O)C1(C)CC1. The van der Waals surface area contributed by atoms with Gasteiger partial charge in [0, 0.05) is 44.0 Å². The van der Waals surface area contributed by atoms with Crippen LogP contribution in [-0.2, 0) is 40.3 Å². The van der Waals surface area contributed by atoms with E-state index in [-0.39, 0.29) is 43.4 Å². The maximum absolute atomic E-state index is 15.1. The highest BCUT2D eigenvalue weighted by Crippen LogP contribution is 2.47. The van der Waals surface area contributed by atoms with Gasteiger partial charge < -0.3 is 39.4 Å². The molecule has 4 aliphatic heterocycles. The van der Waals surface area contributed by atoms with Crippen molar-refractivity contribution in [3.8, 4) is 11.6 Å². The Morgan fingerprint density at radius 3 is 2.49 bits per heavy atom. The number of amides is 4. The number of carbonyl (C=O) groups excluding carboxylic acids is 4. The third-order valence-electron chi connectivity index (χ3n) is 14.8. The summed E-state index contributed by atoms with van der Waals surface area (Å²) in [5.74, 6) is -1.38. The number of hydrogen-bond acceptors (Lipinski definition) is 12. The van der Waals surface area contributed by atoms with Crippen molar-refractivity contribution in [3.63, 3.8) is 0 Å². The largest absolute Gasteiger partial charge is 0.489 e. The average Bonchev–Trinajstić information content (AvgIpc) is 4.23. The van der Waals surface area contributed by atoms with Crippen LogP contribution >= 0.6 is 0 Å². The summed E-state index contributed by atoms with van der Waals surface area (Å²) in [6, 6.07) is 5.69. The van der Waals surface area contributed by atoms with Crippen LogP contribution in [0.5, 0.6) is 11.6 Å². The van der Waals surface area contributed by atoms with Crippen LogP contribution in [0.25, 0.3) is 10.9 Å². The number of fused-ring (bicyclic) bond motifs is 5. The van der Waals surface area contributed by atoms with Gasteiger partial charge in [0.05, 0.1) is 22.4 Å². The monoisotopic (exact) mass is 890 g/mol. The number of benzene rings is 1. The minimum absolute atomic E-state index is 0.00871. The molecule has 3 aliphatic carbocycles. The number of piperidine rings is 1. The van der Waals surface area contributed by atoms with Crippen LogP contribution in [-0.4, -0.2) is 128 Å². The van der Waals surface area contributed by atoms with E-state index in [1.54, 1.807) is 6.92 Å². The van der Waals surface area contributed by atoms with Crippen molar-refractivity contribution in [1.29, 1.82) is 0 Å². The number of hydrogen-bond donors (Lipinski definition) is 3. The number of rotatable bonds is 9. The molecule has 6 fully saturated rings. The van der Waals surface area contributed by atoms with Crippen molar-refractivity contribution in [2.45, 2.75) is 137 Å². The third kappa shape index (κ3) is 9.11. The van der Waals surface area contributed by atoms with Crippen molar-refractivity contribution >= 4 is 44.7 Å². The van der Waals surface area contributed by atoms with E-state index >= 15 is 4.79 Å². The zero-order valence-electron chi connectivity index (χ0n) is 36.5. The molecule has 2 aromatic rings. The van der Waals surface area contributed by atoms with Crippen molar-refractivity contribution in [2.24, 2.45) is 17.8 Å². The average molecular weight is 891 g/mol. The predicted octanol–water partition coefficient (Wildman–Crippen LogP) is 4.14. The van der Waals surface area contributed by atoms with Crippen LogP contribution in [0.1, 0.15) is 96.0 Å². The molecular formula is C46H62N6O10S. The van der Waals surface area contributed by atoms with Gasteiger partial charge in [-0.05, 0) is 109 Å². The van der Waals surface area contributed by atoms with Crippen molar-refractivity contribution in [3.05, 3.63) is 42.5 Å². The maximum Gasteiger partial charge on any atom is 0.408 e. The first-order chi connectivity index (χ1) is 30.3. The van der Waals surface area contributed by atoms with E-state index in [1.165, 1.54) is 11.0 Å². The second kappa shape index (κ2) is 17.5. The lowest BCUT2D eigenvalue weighted by Gasteiger charge is -2.34. The Kier molecular flexibility index (Phi) is 12.1. The Morgan fingerprint density at radius 2 is 1.76 bits per heavy atom. The molecule has 0 spiro atoms. The summed E-state index contributed by atoms with van der Waals surface area (Å²) in [6.45, 7) is 8.09. The van der Waals surface area contributed by atoms with Crippen LogP contribution in [0, 0.1) is 17.8 Å². The lowest BCUT2D eigenvalue weighted by molar-refractivity contribution is -0.142. The highest BCUT2D eigenvalue weighted by Gasteiger charge is 2.63. The summed E-state index contributed by atoms with van der Waals surface area (Å²) in [5.41, 5.74) is -0.0175. The molecule has 0 radical (unpaired) electrons. The Hall–Kier alpha value is -4.48. The van der Waals surface area contributed by atoms with E-state index < -0.39 is 68.2 Å². The third-order valence-corrected chi connectivity index (χ3v) is 16.9. The number of nitrogens with one attached hydrogen (secondary N) is 3. The van der Waals surface area contributed by atoms with Gasteiger partial charge >= 0.3 is 6.09 Å². The first-order valence-corrected chi connectivity index (χ1v) is 24.6. The molecule has 2 bridgehead atoms. The smallest absolute Gasteiger partial charge is 0.408 e. The topological polar surface area (TPSA) is 195 Å². The molecule has 1 aromatic carbocycles. The number of likely N-dealkylation sites (tertiary alicyclic amines) is 1. The highest BCUT2D eigenvalue weighted by atomic mass is 32.2. The van der Waals surface area contributed by atoms with Gasteiger partial charge in [0.25, 0.3) is 5.91 Å². The van der Waals surface area contributed by atoms with Crippen molar-refractivity contribution in [1.82, 2.24) is 30.1 Å². The van der Waals surface area contributed by atoms with Crippen LogP contribution < -0.4 is 24.8 Å². The molecular weight excluding hydrogens is 829 g/mol. The van der Waals surface area contributed by atoms with E-state index in [1.807, 2.05) is 24.3 Å². The van der Waals surface area contributed by atoms with Gasteiger partial charge in [0.15, 0.2) is 0 Å². The molecule has 3 N–H and O–H groups in total. The number of pyridine rings is 1. The van der Waals surface area contributed by atoms with E-state index in [9.17, 15) is 22.8 Å². The molecule has 7 atom stereocenters. The number of nitrogens with zero attached hydrogens (tertiary/aromatic N) is 3. The van der Waals surface area contributed by atoms with E-state index in [4.69, 9.17) is 23.9 Å². The summed E-state index contributed by atoms with van der Waals surface area (Å²) in [7, 11) is -1.90. The number of para-hydroxylation sites is 1. The summed E-state index contributed by atoms with van der Waals surface area (Å²) in [6.07, 6.45) is 8.80. The van der Waals surface area contributed by atoms with E-state index in [0.717, 1.165) is 74.7 Å². The first kappa shape index (κ1) is 43.8. The quantitative estimate of drug-likeness (QED) is 0.305. The Bertz CT molecular complexity index is 2220. The minimum Gasteiger partial charge on any atom is -0.489 e. The lowest BCUT2D eigenvalue weighted by atomic mass is 9.90. The molecule has 3 saturated carbocycles. The van der Waals surface area contributed by atoms with Crippen LogP contribution in [0.3, 0.4) is 0 Å². The molecule has 3 saturated heterocycles. The molecule has 9 rings (SSSR count). The number of alkyl carbamates (subject to hydrolysis) is 1. The molecule has 17 heteroatoms. The molecule has 16 nitrogen and oxygen atoms in total. The van der Waals surface area contributed by atoms with E-state index in [2.05, 4.69) is 33.9 Å². The number of sulfonamides is 1. The zero-order chi connectivity index (χ0) is 44.1. The highest BCUT2D eigenvalue weighted by molar-refractivity contribution is 7.91. The molecule has 7 aliphatic rings. The summed E-state index contributed by atoms with van der Waals surface area (Å²) in [5, 5.41) is 6.70. The molecule has 63 heavy (non-hydrogen) atoms. The fourth-order valence-electron chi connectivity index (χ4n) is 10.0. The van der Waals surface area contributed by atoms with Gasteiger partial charge in [-0.25, -0.2) is 18.2 Å². The normalized spacial score (nSPS) is 31.7. The molecule has 0 unspecified atom stereocenters. The van der Waals surface area contributed by atoms with Gasteiger partial charge in [-0.3, -0.25) is 19.1 Å². The van der Waals surface area contributed by atoms with Crippen molar-refractivity contribution < 1.29 is 46.5 Å². The predicted molar refractivity (Wildman–Crippen MR) is 232 cm³/mol. The fraction of sp³-hybridized carbons (Fsp3) is 0.674. The Morgan fingerprint density at radius 1 is 1.00 bits per heavy atom. The van der Waals surface area contributed by atoms with Crippen molar-refractivity contribution in [2.75, 3.05) is 39.9 Å². The van der Waals surface area contributed by atoms with Gasteiger partial charge in [0.1, 0.15) is 41.7 Å². The van der Waals surface area contributed by atoms with Gasteiger partial charge in [-0.2, -0.15) is 0 Å². The second-order valence-corrected chi connectivity index (χ2v) is 21.5. The van der Waals surface area contributed by atoms with Crippen LogP contribution in [0.15, 0.2) is 36.9 Å².